The first-order valence-electron chi connectivity index (χ1n) is 15.9. The molecule has 10 nitrogen and oxygen atoms in total. The highest BCUT2D eigenvalue weighted by atomic mass is 35.5. The van der Waals surface area contributed by atoms with Gasteiger partial charge in [0.2, 0.25) is 0 Å². The average Bonchev–Trinajstić information content (AvgIpc) is 3.59. The molecule has 13 heteroatoms. The van der Waals surface area contributed by atoms with E-state index in [4.69, 9.17) is 42.1 Å². The minimum atomic E-state index is -0.734. The lowest BCUT2D eigenvalue weighted by Crippen LogP contribution is -2.52. The Bertz CT molecular complexity index is 1710. The monoisotopic (exact) mass is 727 g/mol. The molecular formula is C36H39Cl2N3O7S. The third kappa shape index (κ3) is 8.72. The van der Waals surface area contributed by atoms with E-state index in [-0.39, 0.29) is 24.0 Å². The number of nitrogens with one attached hydrogen (secondary N) is 2. The number of aromatic nitrogens is 1. The van der Waals surface area contributed by atoms with Crippen LogP contribution in [-0.4, -0.2) is 62.3 Å². The topological polar surface area (TPSA) is 130 Å². The van der Waals surface area contributed by atoms with Crippen molar-refractivity contribution in [3.8, 4) is 11.5 Å². The summed E-state index contributed by atoms with van der Waals surface area (Å²) in [7, 11) is 3.10. The number of ether oxygens (including phenoxy) is 4. The van der Waals surface area contributed by atoms with Crippen molar-refractivity contribution in [2.24, 2.45) is 5.92 Å². The number of esters is 2. The van der Waals surface area contributed by atoms with Gasteiger partial charge in [-0.3, -0.25) is 10.2 Å². The largest absolute Gasteiger partial charge is 0.870 e. The molecule has 0 aliphatic carbocycles. The van der Waals surface area contributed by atoms with Gasteiger partial charge in [0.1, 0.15) is 33.2 Å². The predicted molar refractivity (Wildman–Crippen MR) is 186 cm³/mol. The van der Waals surface area contributed by atoms with E-state index in [1.54, 1.807) is 44.8 Å². The van der Waals surface area contributed by atoms with Crippen LogP contribution in [0, 0.1) is 5.92 Å². The van der Waals surface area contributed by atoms with E-state index in [0.717, 1.165) is 42.9 Å². The fourth-order valence-corrected chi connectivity index (χ4v) is 7.73. The summed E-state index contributed by atoms with van der Waals surface area (Å²) in [6.45, 7) is 3.30. The number of H-pyrrole nitrogens is 1. The van der Waals surface area contributed by atoms with Crippen LogP contribution in [-0.2, 0) is 27.2 Å². The van der Waals surface area contributed by atoms with Gasteiger partial charge in [-0.05, 0) is 67.2 Å². The Morgan fingerprint density at radius 3 is 2.33 bits per heavy atom. The number of pyridine rings is 1. The number of benzene rings is 2. The Hall–Kier alpha value is -3.71. The summed E-state index contributed by atoms with van der Waals surface area (Å²) in [4.78, 5) is 33.7. The molecule has 3 fully saturated rings. The number of methoxy groups -OCH3 is 2. The van der Waals surface area contributed by atoms with Gasteiger partial charge >= 0.3 is 11.9 Å². The summed E-state index contributed by atoms with van der Waals surface area (Å²) in [6, 6.07) is 17.9. The minimum absolute atomic E-state index is 0. The zero-order valence-corrected chi connectivity index (χ0v) is 29.5. The van der Waals surface area contributed by atoms with Crippen molar-refractivity contribution in [1.29, 1.82) is 0 Å². The lowest BCUT2D eigenvalue weighted by Gasteiger charge is -2.44. The summed E-state index contributed by atoms with van der Waals surface area (Å²) in [5, 5.41) is 4.23. The van der Waals surface area contributed by atoms with E-state index in [2.05, 4.69) is 15.2 Å². The van der Waals surface area contributed by atoms with E-state index >= 15 is 0 Å². The number of thiophene rings is 1. The van der Waals surface area contributed by atoms with Gasteiger partial charge in [0, 0.05) is 30.0 Å². The molecule has 3 N–H and O–H groups in total. The maximum Gasteiger partial charge on any atom is 0.348 e. The molecule has 1 unspecified atom stereocenters. The Morgan fingerprint density at radius 1 is 0.959 bits per heavy atom. The van der Waals surface area contributed by atoms with E-state index in [1.807, 2.05) is 42.5 Å². The summed E-state index contributed by atoms with van der Waals surface area (Å²) in [5.74, 6) is 0.677. The van der Waals surface area contributed by atoms with Crippen molar-refractivity contribution in [2.75, 3.05) is 33.9 Å². The second-order valence-electron chi connectivity index (χ2n) is 11.9. The van der Waals surface area contributed by atoms with Gasteiger partial charge in [-0.25, -0.2) is 14.6 Å². The first kappa shape index (κ1) is 36.6. The molecule has 2 aromatic carbocycles. The van der Waals surface area contributed by atoms with E-state index < -0.39 is 18.1 Å². The van der Waals surface area contributed by atoms with E-state index in [1.165, 1.54) is 11.3 Å². The lowest BCUT2D eigenvalue weighted by molar-refractivity contribution is -0.377. The molecule has 0 amide bonds. The molecule has 49 heavy (non-hydrogen) atoms. The fourth-order valence-electron chi connectivity index (χ4n) is 6.35. The van der Waals surface area contributed by atoms with Crippen LogP contribution < -0.4 is 19.8 Å². The molecule has 7 rings (SSSR count). The zero-order chi connectivity index (χ0) is 33.6. The highest BCUT2D eigenvalue weighted by molar-refractivity contribution is 7.13. The highest BCUT2D eigenvalue weighted by Crippen LogP contribution is 2.36. The molecule has 5 heterocycles. The third-order valence-corrected chi connectivity index (χ3v) is 10.7. The van der Waals surface area contributed by atoms with Crippen LogP contribution in [0.3, 0.4) is 0 Å². The lowest BCUT2D eigenvalue weighted by atomic mass is 9.86. The summed E-state index contributed by atoms with van der Waals surface area (Å²) < 4.78 is 23.1. The molecule has 0 saturated carbocycles. The van der Waals surface area contributed by atoms with Crippen molar-refractivity contribution in [1.82, 2.24) is 10.2 Å². The van der Waals surface area contributed by atoms with Crippen LogP contribution >= 0.6 is 34.5 Å². The van der Waals surface area contributed by atoms with Gasteiger partial charge < -0.3 is 24.4 Å². The predicted octanol–water partition coefficient (Wildman–Crippen LogP) is 6.32. The Balaban J connectivity index is 0.00000468. The maximum absolute atomic E-state index is 13.6. The SMILES string of the molecule is COc1ccc([C@H](Cc2c(Cl)c[nH+]cc2Cl)OC(=O)c2ccc(CNC(C(=O)O[C@H]3CN4CCC3CC4)c3ccccc3)s2)cc1OC.[OH-]. The minimum Gasteiger partial charge on any atom is -0.870 e. The molecule has 4 aromatic rings. The number of piperidine rings is 3. The van der Waals surface area contributed by atoms with Gasteiger partial charge in [-0.2, -0.15) is 0 Å². The van der Waals surface area contributed by atoms with Crippen LogP contribution in [0.2, 0.25) is 10.0 Å². The molecule has 3 aliphatic heterocycles. The number of rotatable bonds is 13. The molecule has 0 spiro atoms. The van der Waals surface area contributed by atoms with Crippen LogP contribution in [0.25, 0.3) is 0 Å². The average molecular weight is 729 g/mol. The van der Waals surface area contributed by atoms with Gasteiger partial charge in [0.05, 0.1) is 14.2 Å². The summed E-state index contributed by atoms with van der Waals surface area (Å²) in [5.41, 5.74) is 2.15. The number of hydrogen-bond acceptors (Lipinski definition) is 10. The van der Waals surface area contributed by atoms with Crippen LogP contribution in [0.1, 0.15) is 56.2 Å². The van der Waals surface area contributed by atoms with Gasteiger partial charge in [-0.1, -0.05) is 59.6 Å². The molecule has 3 aliphatic rings. The smallest absolute Gasteiger partial charge is 0.348 e. The van der Waals surface area contributed by atoms with Gasteiger partial charge in [0.15, 0.2) is 23.9 Å². The van der Waals surface area contributed by atoms with E-state index in [0.29, 0.717) is 50.0 Å². The maximum atomic E-state index is 13.6. The number of aromatic amines is 1. The number of hydrogen-bond donors (Lipinski definition) is 1. The fraction of sp³-hybridized carbons (Fsp3) is 0.361. The highest BCUT2D eigenvalue weighted by Gasteiger charge is 2.38. The van der Waals surface area contributed by atoms with Gasteiger partial charge in [0.25, 0.3) is 0 Å². The molecule has 2 bridgehead atoms. The molecular weight excluding hydrogens is 689 g/mol. The Labute approximate surface area is 299 Å². The van der Waals surface area contributed by atoms with Crippen molar-refractivity contribution < 1.29 is 39.0 Å². The number of halogens is 2. The Kier molecular flexibility index (Phi) is 12.5. The number of fused-ring (bicyclic) bond motifs is 3. The standard InChI is InChI=1S/C36H37Cl2N3O6S.H2O/c1-44-29-10-8-24(16-31(29)45-2)30(17-26-27(37)19-39-20-28(26)38)46-35(42)33-11-9-25(48-33)18-40-34(23-6-4-3-5-7-23)36(43)47-32-21-41-14-12-22(32)13-15-41;/h3-11,16,19-20,22,30,32,34,40H,12-15,17-18,21H2,1-2H3;1H2/t30-,32-,34?;/m0./s1. The summed E-state index contributed by atoms with van der Waals surface area (Å²) in [6.07, 6.45) is 4.79. The first-order valence-corrected chi connectivity index (χ1v) is 17.5. The second-order valence-corrected chi connectivity index (χ2v) is 13.9. The van der Waals surface area contributed by atoms with Crippen LogP contribution in [0.15, 0.2) is 73.1 Å². The van der Waals surface area contributed by atoms with Crippen molar-refractivity contribution in [2.45, 2.75) is 44.1 Å². The Morgan fingerprint density at radius 2 is 1.67 bits per heavy atom. The van der Waals surface area contributed by atoms with Crippen molar-refractivity contribution in [3.63, 3.8) is 0 Å². The van der Waals surface area contributed by atoms with Gasteiger partial charge in [-0.15, -0.1) is 11.3 Å². The molecule has 2 aromatic heterocycles. The quantitative estimate of drug-likeness (QED) is 0.157. The normalized spacial score (nSPS) is 19.3. The molecule has 3 saturated heterocycles. The number of nitrogens with zero attached hydrogens (tertiary/aromatic N) is 1. The summed E-state index contributed by atoms with van der Waals surface area (Å²) >= 11 is 14.3. The third-order valence-electron chi connectivity index (χ3n) is 8.99. The number of carbonyl (C=O) groups excluding carboxylic acids is 2. The second kappa shape index (κ2) is 16.8. The van der Waals surface area contributed by atoms with Crippen molar-refractivity contribution >= 4 is 46.5 Å². The molecule has 0 radical (unpaired) electrons. The van der Waals surface area contributed by atoms with Crippen LogP contribution in [0.4, 0.5) is 0 Å². The molecule has 260 valence electrons. The van der Waals surface area contributed by atoms with E-state index in [9.17, 15) is 9.59 Å². The molecule has 3 atom stereocenters. The zero-order valence-electron chi connectivity index (χ0n) is 27.2. The first-order chi connectivity index (χ1) is 23.3. The van der Waals surface area contributed by atoms with Crippen molar-refractivity contribution in [3.05, 3.63) is 110 Å². The van der Waals surface area contributed by atoms with Crippen LogP contribution in [0.5, 0.6) is 11.5 Å². The number of carbonyl (C=O) groups is 2.